The van der Waals surface area contributed by atoms with E-state index in [2.05, 4.69) is 0 Å². The molecule has 22 heavy (non-hydrogen) atoms. The zero-order valence-electron chi connectivity index (χ0n) is 12.7. The van der Waals surface area contributed by atoms with Crippen molar-refractivity contribution in [3.05, 3.63) is 35.4 Å². The normalized spacial score (nSPS) is 17.8. The number of aliphatic carboxylic acids is 1. The molecule has 120 valence electrons. The topological polar surface area (TPSA) is 74.7 Å². The first-order valence-corrected chi connectivity index (χ1v) is 8.85. The van der Waals surface area contributed by atoms with Crippen molar-refractivity contribution in [1.82, 2.24) is 4.90 Å². The van der Waals surface area contributed by atoms with Crippen molar-refractivity contribution in [3.63, 3.8) is 0 Å². The van der Waals surface area contributed by atoms with Crippen LogP contribution in [0.2, 0.25) is 0 Å². The number of carbonyl (C=O) groups excluding carboxylic acids is 1. The SMILES string of the molecule is C[C@H](C(=O)O)[S@](=O)Cc1cccc(C(=O)N2CCCCC2)c1. The summed E-state index contributed by atoms with van der Waals surface area (Å²) in [5.74, 6) is -0.924. The van der Waals surface area contributed by atoms with Crippen molar-refractivity contribution < 1.29 is 18.9 Å². The van der Waals surface area contributed by atoms with Crippen molar-refractivity contribution >= 4 is 22.7 Å². The molecule has 6 heteroatoms. The fraction of sp³-hybridized carbons (Fsp3) is 0.500. The summed E-state index contributed by atoms with van der Waals surface area (Å²) in [6.07, 6.45) is 3.23. The molecular weight excluding hydrogens is 302 g/mol. The van der Waals surface area contributed by atoms with Gasteiger partial charge in [0.2, 0.25) is 0 Å². The molecule has 0 unspecified atom stereocenters. The molecule has 0 radical (unpaired) electrons. The zero-order chi connectivity index (χ0) is 16.1. The second-order valence-corrected chi connectivity index (χ2v) is 7.32. The lowest BCUT2D eigenvalue weighted by molar-refractivity contribution is -0.136. The van der Waals surface area contributed by atoms with Gasteiger partial charge in [0.05, 0.1) is 0 Å². The lowest BCUT2D eigenvalue weighted by Gasteiger charge is -2.26. The van der Waals surface area contributed by atoms with Gasteiger partial charge in [-0.2, -0.15) is 0 Å². The average molecular weight is 323 g/mol. The summed E-state index contributed by atoms with van der Waals surface area (Å²) in [6.45, 7) is 3.00. The predicted octanol–water partition coefficient (Wildman–Crippen LogP) is 2.03. The minimum atomic E-state index is -1.50. The van der Waals surface area contributed by atoms with Crippen LogP contribution in [0.4, 0.5) is 0 Å². The maximum atomic E-state index is 12.4. The van der Waals surface area contributed by atoms with E-state index in [4.69, 9.17) is 5.11 Å². The molecule has 0 aliphatic carbocycles. The van der Waals surface area contributed by atoms with Gasteiger partial charge in [0.1, 0.15) is 5.25 Å². The molecule has 0 saturated carbocycles. The zero-order valence-corrected chi connectivity index (χ0v) is 13.5. The number of nitrogens with zero attached hydrogens (tertiary/aromatic N) is 1. The van der Waals surface area contributed by atoms with Crippen molar-refractivity contribution in [3.8, 4) is 0 Å². The van der Waals surface area contributed by atoms with Crippen LogP contribution in [0.25, 0.3) is 0 Å². The largest absolute Gasteiger partial charge is 0.480 e. The Morgan fingerprint density at radius 1 is 1.27 bits per heavy atom. The van der Waals surface area contributed by atoms with Crippen molar-refractivity contribution in [2.75, 3.05) is 13.1 Å². The number of benzene rings is 1. The molecule has 1 fully saturated rings. The molecule has 1 saturated heterocycles. The van der Waals surface area contributed by atoms with E-state index in [0.717, 1.165) is 37.9 Å². The minimum Gasteiger partial charge on any atom is -0.480 e. The van der Waals surface area contributed by atoms with E-state index in [-0.39, 0.29) is 11.7 Å². The number of rotatable bonds is 5. The Balaban J connectivity index is 2.07. The highest BCUT2D eigenvalue weighted by Gasteiger charge is 2.21. The van der Waals surface area contributed by atoms with Gasteiger partial charge >= 0.3 is 5.97 Å². The fourth-order valence-electron chi connectivity index (χ4n) is 2.48. The van der Waals surface area contributed by atoms with E-state index in [1.807, 2.05) is 4.90 Å². The molecule has 0 spiro atoms. The summed E-state index contributed by atoms with van der Waals surface area (Å²) < 4.78 is 12.0. The van der Waals surface area contributed by atoms with Crippen LogP contribution in [-0.4, -0.2) is 44.4 Å². The highest BCUT2D eigenvalue weighted by atomic mass is 32.2. The van der Waals surface area contributed by atoms with Crippen LogP contribution in [0.1, 0.15) is 42.1 Å². The van der Waals surface area contributed by atoms with Crippen LogP contribution in [-0.2, 0) is 21.3 Å². The van der Waals surface area contributed by atoms with Gasteiger partial charge in [0, 0.05) is 35.2 Å². The Morgan fingerprint density at radius 3 is 2.59 bits per heavy atom. The molecule has 1 aromatic carbocycles. The summed E-state index contributed by atoms with van der Waals surface area (Å²) in [4.78, 5) is 25.1. The molecule has 2 rings (SSSR count). The molecular formula is C16H21NO4S. The minimum absolute atomic E-state index is 0.00128. The van der Waals surface area contributed by atoms with Gasteiger partial charge < -0.3 is 10.0 Å². The maximum absolute atomic E-state index is 12.4. The summed E-state index contributed by atoms with van der Waals surface area (Å²) in [7, 11) is -1.50. The second-order valence-electron chi connectivity index (χ2n) is 5.56. The molecule has 0 aromatic heterocycles. The number of carboxylic acids is 1. The molecule has 1 aliphatic rings. The van der Waals surface area contributed by atoms with Crippen LogP contribution in [0, 0.1) is 0 Å². The average Bonchev–Trinajstić information content (AvgIpc) is 2.54. The smallest absolute Gasteiger partial charge is 0.318 e. The Labute approximate surface area is 132 Å². The Kier molecular flexibility index (Phi) is 5.71. The van der Waals surface area contributed by atoms with E-state index >= 15 is 0 Å². The van der Waals surface area contributed by atoms with E-state index < -0.39 is 22.0 Å². The number of likely N-dealkylation sites (tertiary alicyclic amines) is 1. The van der Waals surface area contributed by atoms with Gasteiger partial charge in [-0.05, 0) is 43.9 Å². The molecule has 5 nitrogen and oxygen atoms in total. The van der Waals surface area contributed by atoms with Crippen molar-refractivity contribution in [1.29, 1.82) is 0 Å². The molecule has 1 aromatic rings. The third-order valence-corrected chi connectivity index (χ3v) is 5.48. The first kappa shape index (κ1) is 16.7. The van der Waals surface area contributed by atoms with E-state index in [1.54, 1.807) is 24.3 Å². The van der Waals surface area contributed by atoms with Crippen LogP contribution in [0.3, 0.4) is 0 Å². The summed E-state index contributed by atoms with van der Waals surface area (Å²) in [5, 5.41) is 7.97. The van der Waals surface area contributed by atoms with Crippen LogP contribution >= 0.6 is 0 Å². The number of carbonyl (C=O) groups is 2. The van der Waals surface area contributed by atoms with E-state index in [9.17, 15) is 13.8 Å². The van der Waals surface area contributed by atoms with Gasteiger partial charge in [-0.15, -0.1) is 0 Å². The number of carboxylic acid groups (broad SMARTS) is 1. The summed E-state index contributed by atoms with van der Waals surface area (Å²) in [6, 6.07) is 7.02. The number of hydrogen-bond donors (Lipinski definition) is 1. The molecule has 2 atom stereocenters. The first-order chi connectivity index (χ1) is 10.5. The maximum Gasteiger partial charge on any atom is 0.318 e. The standard InChI is InChI=1S/C16H21NO4S/c1-12(16(19)20)22(21)11-13-6-5-7-14(10-13)15(18)17-8-3-2-4-9-17/h5-7,10,12H,2-4,8-9,11H2,1H3,(H,19,20)/t12-,22-/m1/s1. The van der Waals surface area contributed by atoms with E-state index in [1.165, 1.54) is 6.92 Å². The quantitative estimate of drug-likeness (QED) is 0.900. The van der Waals surface area contributed by atoms with Gasteiger partial charge in [-0.1, -0.05) is 12.1 Å². The van der Waals surface area contributed by atoms with Crippen LogP contribution < -0.4 is 0 Å². The lowest BCUT2D eigenvalue weighted by Crippen LogP contribution is -2.35. The monoisotopic (exact) mass is 323 g/mol. The van der Waals surface area contributed by atoms with Crippen LogP contribution in [0.5, 0.6) is 0 Å². The van der Waals surface area contributed by atoms with Crippen molar-refractivity contribution in [2.45, 2.75) is 37.2 Å². The third kappa shape index (κ3) is 4.16. The second kappa shape index (κ2) is 7.54. The fourth-order valence-corrected chi connectivity index (χ4v) is 3.46. The van der Waals surface area contributed by atoms with Crippen LogP contribution in [0.15, 0.2) is 24.3 Å². The van der Waals surface area contributed by atoms with Gasteiger partial charge in [-0.25, -0.2) is 0 Å². The third-order valence-electron chi connectivity index (χ3n) is 3.87. The van der Waals surface area contributed by atoms with E-state index in [0.29, 0.717) is 5.56 Å². The molecule has 1 N–H and O–H groups in total. The first-order valence-electron chi connectivity index (χ1n) is 7.47. The molecule has 1 amide bonds. The van der Waals surface area contributed by atoms with Gasteiger partial charge in [-0.3, -0.25) is 13.8 Å². The predicted molar refractivity (Wildman–Crippen MR) is 85.1 cm³/mol. The lowest BCUT2D eigenvalue weighted by atomic mass is 10.1. The highest BCUT2D eigenvalue weighted by molar-refractivity contribution is 7.85. The van der Waals surface area contributed by atoms with Gasteiger partial charge in [0.15, 0.2) is 0 Å². The molecule has 0 bridgehead atoms. The Morgan fingerprint density at radius 2 is 1.95 bits per heavy atom. The Hall–Kier alpha value is -1.69. The van der Waals surface area contributed by atoms with Gasteiger partial charge in [0.25, 0.3) is 5.91 Å². The Bertz CT molecular complexity index is 581. The summed E-state index contributed by atoms with van der Waals surface area (Å²) in [5.41, 5.74) is 1.31. The number of hydrogen-bond acceptors (Lipinski definition) is 3. The highest BCUT2D eigenvalue weighted by Crippen LogP contribution is 2.15. The molecule has 1 aliphatic heterocycles. The molecule has 1 heterocycles. The number of piperidine rings is 1. The summed E-state index contributed by atoms with van der Waals surface area (Å²) >= 11 is 0. The van der Waals surface area contributed by atoms with Crippen molar-refractivity contribution in [2.24, 2.45) is 0 Å². The number of amides is 1.